The molecule has 7 heteroatoms. The number of carbonyl (C=O) groups excluding carboxylic acids is 1. The molecule has 0 spiro atoms. The van der Waals surface area contributed by atoms with Crippen LogP contribution in [0.4, 0.5) is 13.2 Å². The molecule has 4 aromatic rings. The first-order valence-electron chi connectivity index (χ1n) is 15.7. The molecule has 2 heterocycles. The molecule has 0 radical (unpaired) electrons. The highest BCUT2D eigenvalue weighted by Gasteiger charge is 2.26. The molecule has 0 saturated heterocycles. The maximum absolute atomic E-state index is 14.9. The first kappa shape index (κ1) is 30.9. The maximum atomic E-state index is 14.9. The van der Waals surface area contributed by atoms with E-state index in [1.54, 1.807) is 30.3 Å². The Morgan fingerprint density at radius 3 is 2.33 bits per heavy atom. The molecule has 2 N–H and O–H groups in total. The lowest BCUT2D eigenvalue weighted by Gasteiger charge is -2.25. The second-order valence-electron chi connectivity index (χ2n) is 11.7. The van der Waals surface area contributed by atoms with Crippen molar-refractivity contribution >= 4 is 16.9 Å². The number of hydrogen-bond acceptors (Lipinski definition) is 3. The smallest absolute Gasteiger partial charge is 0.306 e. The Morgan fingerprint density at radius 2 is 1.58 bits per heavy atom. The Hall–Kier alpha value is -3.58. The highest BCUT2D eigenvalue weighted by molar-refractivity contribution is 5.99. The summed E-state index contributed by atoms with van der Waals surface area (Å²) in [5.74, 6) is -1.14. The van der Waals surface area contributed by atoms with Gasteiger partial charge in [0.2, 0.25) is 0 Å². The van der Waals surface area contributed by atoms with E-state index >= 15 is 0 Å². The molecule has 0 bridgehead atoms. The maximum Gasteiger partial charge on any atom is 0.306 e. The van der Waals surface area contributed by atoms with Gasteiger partial charge in [0.25, 0.3) is 0 Å². The third kappa shape index (κ3) is 7.88. The molecule has 2 unspecified atom stereocenters. The molecule has 0 amide bonds. The number of fused-ring (bicyclic) bond motifs is 3. The summed E-state index contributed by atoms with van der Waals surface area (Å²) in [6, 6.07) is 15.9. The fraction of sp³-hybridized carbons (Fsp3) is 0.417. The average Bonchev–Trinajstić information content (AvgIpc) is 3.39. The van der Waals surface area contributed by atoms with Gasteiger partial charge in [-0.2, -0.15) is 0 Å². The summed E-state index contributed by atoms with van der Waals surface area (Å²) in [7, 11) is 0. The zero-order valence-electron chi connectivity index (χ0n) is 24.9. The number of aromatic amines is 1. The minimum Gasteiger partial charge on any atom is -0.457 e. The fourth-order valence-electron chi connectivity index (χ4n) is 6.19. The fourth-order valence-corrected chi connectivity index (χ4v) is 6.19. The topological polar surface area (TPSA) is 54.1 Å². The van der Waals surface area contributed by atoms with Gasteiger partial charge < -0.3 is 15.0 Å². The third-order valence-corrected chi connectivity index (χ3v) is 8.54. The first-order chi connectivity index (χ1) is 20.9. The van der Waals surface area contributed by atoms with Crippen LogP contribution >= 0.6 is 0 Å². The van der Waals surface area contributed by atoms with E-state index in [9.17, 15) is 18.0 Å². The van der Waals surface area contributed by atoms with Crippen LogP contribution in [0, 0.1) is 17.5 Å². The van der Waals surface area contributed by atoms with E-state index in [0.29, 0.717) is 31.3 Å². The highest BCUT2D eigenvalue weighted by Crippen LogP contribution is 2.37. The van der Waals surface area contributed by atoms with E-state index in [0.717, 1.165) is 65.4 Å². The molecule has 228 valence electrons. The Bertz CT molecular complexity index is 1500. The van der Waals surface area contributed by atoms with Gasteiger partial charge in [-0.15, -0.1) is 0 Å². The van der Waals surface area contributed by atoms with Crippen LogP contribution < -0.4 is 5.32 Å². The van der Waals surface area contributed by atoms with Crippen molar-refractivity contribution in [3.05, 3.63) is 94.9 Å². The van der Waals surface area contributed by atoms with E-state index in [1.165, 1.54) is 49.6 Å². The van der Waals surface area contributed by atoms with Crippen molar-refractivity contribution in [2.45, 2.75) is 96.2 Å². The van der Waals surface area contributed by atoms with Gasteiger partial charge in [0.15, 0.2) is 0 Å². The lowest BCUT2D eigenvalue weighted by atomic mass is 9.93. The van der Waals surface area contributed by atoms with Gasteiger partial charge in [-0.25, -0.2) is 13.2 Å². The van der Waals surface area contributed by atoms with Crippen LogP contribution in [-0.2, 0) is 22.5 Å². The third-order valence-electron chi connectivity index (χ3n) is 8.54. The molecule has 0 fully saturated rings. The van der Waals surface area contributed by atoms with Crippen molar-refractivity contribution in [1.82, 2.24) is 10.3 Å². The number of aromatic nitrogens is 1. The standard InChI is InChI=1S/C36H41F3N2O2/c1-2-3-4-5-6-7-11-34(42)43-33(25-14-18-27(38)19-15-25)10-8-9-28-22-32-30(23-40-28)35-29(20-21-31(39)36(35)41-32)24-12-16-26(37)17-13-24/h12-21,28,33,40-41H,2-11,22-23H2,1H3. The lowest BCUT2D eigenvalue weighted by Crippen LogP contribution is -2.35. The number of benzene rings is 3. The number of hydrogen-bond donors (Lipinski definition) is 2. The van der Waals surface area contributed by atoms with Gasteiger partial charge in [0, 0.05) is 36.5 Å². The Balaban J connectivity index is 1.21. The van der Waals surface area contributed by atoms with Gasteiger partial charge in [-0.05, 0) is 78.3 Å². The summed E-state index contributed by atoms with van der Waals surface area (Å²) in [4.78, 5) is 16.0. The number of rotatable bonds is 14. The van der Waals surface area contributed by atoms with Crippen LogP contribution in [0.2, 0.25) is 0 Å². The van der Waals surface area contributed by atoms with E-state index < -0.39 is 6.10 Å². The van der Waals surface area contributed by atoms with Crippen molar-refractivity contribution in [2.75, 3.05) is 0 Å². The number of unbranched alkanes of at least 4 members (excludes halogenated alkanes) is 5. The van der Waals surface area contributed by atoms with Crippen molar-refractivity contribution in [1.29, 1.82) is 0 Å². The van der Waals surface area contributed by atoms with Crippen LogP contribution in [-0.4, -0.2) is 17.0 Å². The SMILES string of the molecule is CCCCCCCCC(=O)OC(CCCC1Cc2[nH]c3c(F)ccc(-c4ccc(F)cc4)c3c2CN1)c1ccc(F)cc1. The minimum absolute atomic E-state index is 0.172. The van der Waals surface area contributed by atoms with Crippen LogP contribution in [0.3, 0.4) is 0 Å². The molecular formula is C36H41F3N2O2. The number of halogens is 3. The van der Waals surface area contributed by atoms with Gasteiger partial charge in [0.05, 0.1) is 5.52 Å². The summed E-state index contributed by atoms with van der Waals surface area (Å²) in [5.41, 5.74) is 5.04. The minimum atomic E-state index is -0.423. The predicted molar refractivity (Wildman–Crippen MR) is 165 cm³/mol. The summed E-state index contributed by atoms with van der Waals surface area (Å²) < 4.78 is 47.9. The van der Waals surface area contributed by atoms with Crippen LogP contribution in [0.15, 0.2) is 60.7 Å². The molecular weight excluding hydrogens is 549 g/mol. The first-order valence-corrected chi connectivity index (χ1v) is 15.7. The number of esters is 1. The number of nitrogens with one attached hydrogen (secondary N) is 2. The molecule has 43 heavy (non-hydrogen) atoms. The molecule has 0 aliphatic carbocycles. The molecule has 1 aliphatic rings. The second kappa shape index (κ2) is 14.7. The summed E-state index contributed by atoms with van der Waals surface area (Å²) in [6.07, 6.45) is 9.55. The zero-order chi connectivity index (χ0) is 30.2. The molecule has 3 aromatic carbocycles. The van der Waals surface area contributed by atoms with Gasteiger partial charge in [-0.3, -0.25) is 4.79 Å². The Morgan fingerprint density at radius 1 is 0.884 bits per heavy atom. The average molecular weight is 591 g/mol. The predicted octanol–water partition coefficient (Wildman–Crippen LogP) is 9.47. The van der Waals surface area contributed by atoms with Crippen molar-refractivity contribution < 1.29 is 22.7 Å². The Kier molecular flexibility index (Phi) is 10.6. The van der Waals surface area contributed by atoms with E-state index in [4.69, 9.17) is 4.74 Å². The molecule has 4 nitrogen and oxygen atoms in total. The van der Waals surface area contributed by atoms with Crippen molar-refractivity contribution in [2.24, 2.45) is 0 Å². The van der Waals surface area contributed by atoms with Gasteiger partial charge in [0.1, 0.15) is 23.6 Å². The molecule has 1 aromatic heterocycles. The van der Waals surface area contributed by atoms with E-state index in [1.807, 2.05) is 0 Å². The van der Waals surface area contributed by atoms with E-state index in [2.05, 4.69) is 17.2 Å². The lowest BCUT2D eigenvalue weighted by molar-refractivity contribution is -0.150. The summed E-state index contributed by atoms with van der Waals surface area (Å²) >= 11 is 0. The number of ether oxygens (including phenoxy) is 1. The second-order valence-corrected chi connectivity index (χ2v) is 11.7. The molecule has 5 rings (SSSR count). The molecule has 1 aliphatic heterocycles. The van der Waals surface area contributed by atoms with Crippen LogP contribution in [0.5, 0.6) is 0 Å². The van der Waals surface area contributed by atoms with Gasteiger partial charge in [-0.1, -0.05) is 69.4 Å². The number of H-pyrrole nitrogens is 1. The van der Waals surface area contributed by atoms with Gasteiger partial charge >= 0.3 is 5.97 Å². The van der Waals surface area contributed by atoms with Crippen LogP contribution in [0.25, 0.3) is 22.0 Å². The monoisotopic (exact) mass is 590 g/mol. The highest BCUT2D eigenvalue weighted by atomic mass is 19.1. The molecule has 0 saturated carbocycles. The number of carbonyl (C=O) groups is 1. The zero-order valence-corrected chi connectivity index (χ0v) is 24.9. The quantitative estimate of drug-likeness (QED) is 0.114. The van der Waals surface area contributed by atoms with Crippen molar-refractivity contribution in [3.63, 3.8) is 0 Å². The normalized spacial score (nSPS) is 15.4. The van der Waals surface area contributed by atoms with Crippen molar-refractivity contribution in [3.8, 4) is 11.1 Å². The van der Waals surface area contributed by atoms with E-state index in [-0.39, 0.29) is 29.5 Å². The summed E-state index contributed by atoms with van der Waals surface area (Å²) in [6.45, 7) is 2.77. The largest absolute Gasteiger partial charge is 0.457 e. The van der Waals surface area contributed by atoms with Crippen LogP contribution in [0.1, 0.15) is 94.1 Å². The Labute approximate surface area is 252 Å². The molecule has 2 atom stereocenters. The summed E-state index contributed by atoms with van der Waals surface area (Å²) in [5, 5.41) is 4.45.